The van der Waals surface area contributed by atoms with Gasteiger partial charge in [0.1, 0.15) is 12.4 Å². The number of ether oxygens (including phenoxy) is 1. The lowest BCUT2D eigenvalue weighted by molar-refractivity contribution is 0.102. The molecular weight excluding hydrogens is 282 g/mol. The Hall–Kier alpha value is -2.20. The van der Waals surface area contributed by atoms with E-state index in [2.05, 4.69) is 11.9 Å². The van der Waals surface area contributed by atoms with Gasteiger partial charge < -0.3 is 10.1 Å². The van der Waals surface area contributed by atoms with Crippen LogP contribution in [-0.2, 0) is 0 Å². The maximum Gasteiger partial charge on any atom is 0.256 e. The van der Waals surface area contributed by atoms with Crippen molar-refractivity contribution in [2.24, 2.45) is 0 Å². The molecule has 21 heavy (non-hydrogen) atoms. The number of hydrogen-bond acceptors (Lipinski definition) is 3. The third-order valence-electron chi connectivity index (χ3n) is 2.83. The van der Waals surface area contributed by atoms with Gasteiger partial charge in [0.15, 0.2) is 0 Å². The minimum Gasteiger partial charge on any atom is -0.490 e. The van der Waals surface area contributed by atoms with Gasteiger partial charge >= 0.3 is 0 Å². The maximum atomic E-state index is 12.3. The van der Waals surface area contributed by atoms with Crippen molar-refractivity contribution >= 4 is 23.4 Å². The Kier molecular flexibility index (Phi) is 5.46. The Morgan fingerprint density at radius 3 is 2.62 bits per heavy atom. The molecule has 4 heteroatoms. The fourth-order valence-corrected chi connectivity index (χ4v) is 2.42. The molecule has 0 saturated heterocycles. The molecule has 0 heterocycles. The van der Waals surface area contributed by atoms with Crippen LogP contribution in [0.3, 0.4) is 0 Å². The molecule has 0 aliphatic heterocycles. The lowest BCUT2D eigenvalue weighted by atomic mass is 10.2. The van der Waals surface area contributed by atoms with Crippen LogP contribution in [0.1, 0.15) is 10.4 Å². The highest BCUT2D eigenvalue weighted by molar-refractivity contribution is 7.98. The molecule has 0 radical (unpaired) electrons. The van der Waals surface area contributed by atoms with Crippen LogP contribution in [0.2, 0.25) is 0 Å². The number of carbonyl (C=O) groups is 1. The second-order valence-electron chi connectivity index (χ2n) is 4.28. The van der Waals surface area contributed by atoms with E-state index in [0.29, 0.717) is 12.2 Å². The Balaban J connectivity index is 2.07. The van der Waals surface area contributed by atoms with Crippen LogP contribution in [-0.4, -0.2) is 18.8 Å². The van der Waals surface area contributed by atoms with Gasteiger partial charge in [-0.05, 0) is 42.7 Å². The normalized spacial score (nSPS) is 9.95. The molecule has 0 aliphatic rings. The van der Waals surface area contributed by atoms with Gasteiger partial charge in [0.05, 0.1) is 5.56 Å². The van der Waals surface area contributed by atoms with Crippen molar-refractivity contribution in [2.45, 2.75) is 4.90 Å². The molecule has 0 aromatic heterocycles. The first-order valence-electron chi connectivity index (χ1n) is 6.52. The fraction of sp³-hybridized carbons (Fsp3) is 0.118. The van der Waals surface area contributed by atoms with Crippen LogP contribution in [0.4, 0.5) is 5.69 Å². The molecule has 0 atom stereocenters. The molecule has 0 unspecified atom stereocenters. The maximum absolute atomic E-state index is 12.3. The van der Waals surface area contributed by atoms with Gasteiger partial charge in [-0.3, -0.25) is 4.79 Å². The Bertz CT molecular complexity index is 623. The zero-order valence-corrected chi connectivity index (χ0v) is 12.7. The lowest BCUT2D eigenvalue weighted by Gasteiger charge is -2.09. The van der Waals surface area contributed by atoms with Crippen LogP contribution in [0.5, 0.6) is 5.75 Å². The summed E-state index contributed by atoms with van der Waals surface area (Å²) >= 11 is 1.56. The Labute approximate surface area is 129 Å². The summed E-state index contributed by atoms with van der Waals surface area (Å²) in [5.74, 6) is 0.636. The van der Waals surface area contributed by atoms with Crippen molar-refractivity contribution in [1.29, 1.82) is 0 Å². The molecular formula is C17H17NO2S. The minimum absolute atomic E-state index is 0.111. The average Bonchev–Trinajstić information content (AvgIpc) is 2.54. The molecule has 2 rings (SSSR count). The largest absolute Gasteiger partial charge is 0.490 e. The predicted molar refractivity (Wildman–Crippen MR) is 88.3 cm³/mol. The number of benzene rings is 2. The van der Waals surface area contributed by atoms with Crippen molar-refractivity contribution in [2.75, 3.05) is 18.2 Å². The number of thioether (sulfide) groups is 1. The SMILES string of the molecule is C=CCOc1ccc(NC(=O)c2ccccc2SC)cc1. The number of carbonyl (C=O) groups excluding carboxylic acids is 1. The summed E-state index contributed by atoms with van der Waals surface area (Å²) in [4.78, 5) is 13.2. The van der Waals surface area contributed by atoms with Gasteiger partial charge in [0, 0.05) is 10.6 Å². The van der Waals surface area contributed by atoms with Gasteiger partial charge in [0.25, 0.3) is 5.91 Å². The Morgan fingerprint density at radius 1 is 1.24 bits per heavy atom. The molecule has 2 aromatic carbocycles. The van der Waals surface area contributed by atoms with Crippen LogP contribution in [0.15, 0.2) is 66.1 Å². The van der Waals surface area contributed by atoms with Crippen LogP contribution in [0.25, 0.3) is 0 Å². The van der Waals surface area contributed by atoms with Gasteiger partial charge in [-0.25, -0.2) is 0 Å². The summed E-state index contributed by atoms with van der Waals surface area (Å²) in [5, 5.41) is 2.89. The first-order chi connectivity index (χ1) is 10.2. The number of nitrogens with one attached hydrogen (secondary N) is 1. The molecule has 0 spiro atoms. The number of amides is 1. The second-order valence-corrected chi connectivity index (χ2v) is 5.13. The van der Waals surface area contributed by atoms with Gasteiger partial charge in [-0.1, -0.05) is 24.8 Å². The van der Waals surface area contributed by atoms with Gasteiger partial charge in [0.2, 0.25) is 0 Å². The van der Waals surface area contributed by atoms with E-state index in [9.17, 15) is 4.79 Å². The summed E-state index contributed by atoms with van der Waals surface area (Å²) in [7, 11) is 0. The molecule has 0 saturated carbocycles. The summed E-state index contributed by atoms with van der Waals surface area (Å²) in [5.41, 5.74) is 1.42. The number of rotatable bonds is 6. The van der Waals surface area contributed by atoms with Gasteiger partial charge in [-0.15, -0.1) is 11.8 Å². The highest BCUT2D eigenvalue weighted by atomic mass is 32.2. The smallest absolute Gasteiger partial charge is 0.256 e. The molecule has 108 valence electrons. The highest BCUT2D eigenvalue weighted by Gasteiger charge is 2.10. The van der Waals surface area contributed by atoms with E-state index in [1.807, 2.05) is 54.8 Å². The zero-order chi connectivity index (χ0) is 15.1. The zero-order valence-electron chi connectivity index (χ0n) is 11.8. The van der Waals surface area contributed by atoms with Crippen molar-refractivity contribution in [3.8, 4) is 5.75 Å². The first-order valence-corrected chi connectivity index (χ1v) is 7.75. The predicted octanol–water partition coefficient (Wildman–Crippen LogP) is 4.23. The molecule has 0 fully saturated rings. The van der Waals surface area contributed by atoms with Crippen molar-refractivity contribution in [3.63, 3.8) is 0 Å². The molecule has 3 nitrogen and oxygen atoms in total. The molecule has 2 aromatic rings. The third-order valence-corrected chi connectivity index (χ3v) is 3.63. The fourth-order valence-electron chi connectivity index (χ4n) is 1.82. The standard InChI is InChI=1S/C17H17NO2S/c1-3-12-20-14-10-8-13(9-11-14)18-17(19)15-6-4-5-7-16(15)21-2/h3-11H,1,12H2,2H3,(H,18,19). The summed E-state index contributed by atoms with van der Waals surface area (Å²) in [6, 6.07) is 14.8. The van der Waals surface area contributed by atoms with Crippen LogP contribution in [0, 0.1) is 0 Å². The molecule has 0 bridgehead atoms. The number of hydrogen-bond donors (Lipinski definition) is 1. The first kappa shape index (κ1) is 15.2. The summed E-state index contributed by atoms with van der Waals surface area (Å²) in [6.45, 7) is 4.06. The van der Waals surface area contributed by atoms with E-state index in [1.165, 1.54) is 0 Å². The van der Waals surface area contributed by atoms with Crippen LogP contribution >= 0.6 is 11.8 Å². The molecule has 0 aliphatic carbocycles. The van der Waals surface area contributed by atoms with E-state index in [0.717, 1.165) is 16.3 Å². The number of anilines is 1. The minimum atomic E-state index is -0.111. The third kappa shape index (κ3) is 4.13. The van der Waals surface area contributed by atoms with Crippen molar-refractivity contribution in [3.05, 3.63) is 66.7 Å². The van der Waals surface area contributed by atoms with Crippen molar-refractivity contribution in [1.82, 2.24) is 0 Å². The molecule has 1 N–H and O–H groups in total. The van der Waals surface area contributed by atoms with Crippen molar-refractivity contribution < 1.29 is 9.53 Å². The summed E-state index contributed by atoms with van der Waals surface area (Å²) < 4.78 is 5.40. The van der Waals surface area contributed by atoms with Crippen LogP contribution < -0.4 is 10.1 Å². The van der Waals surface area contributed by atoms with Gasteiger partial charge in [-0.2, -0.15) is 0 Å². The topological polar surface area (TPSA) is 38.3 Å². The van der Waals surface area contributed by atoms with E-state index in [1.54, 1.807) is 17.8 Å². The lowest BCUT2D eigenvalue weighted by Crippen LogP contribution is -2.12. The Morgan fingerprint density at radius 2 is 1.95 bits per heavy atom. The highest BCUT2D eigenvalue weighted by Crippen LogP contribution is 2.22. The van der Waals surface area contributed by atoms with E-state index in [4.69, 9.17) is 4.74 Å². The second kappa shape index (κ2) is 7.55. The summed E-state index contributed by atoms with van der Waals surface area (Å²) in [6.07, 6.45) is 3.65. The average molecular weight is 299 g/mol. The van der Waals surface area contributed by atoms with E-state index in [-0.39, 0.29) is 5.91 Å². The van der Waals surface area contributed by atoms with E-state index < -0.39 is 0 Å². The quantitative estimate of drug-likeness (QED) is 0.641. The van der Waals surface area contributed by atoms with E-state index >= 15 is 0 Å². The molecule has 1 amide bonds. The monoisotopic (exact) mass is 299 g/mol.